The number of hydrogen-bond acceptors (Lipinski definition) is 3. The lowest BCUT2D eigenvalue weighted by molar-refractivity contribution is 0.0946. The van der Waals surface area contributed by atoms with Gasteiger partial charge in [0.05, 0.1) is 6.61 Å². The molecule has 0 saturated carbocycles. The Labute approximate surface area is 167 Å². The first-order valence-corrected chi connectivity index (χ1v) is 10.9. The van der Waals surface area contributed by atoms with E-state index in [2.05, 4.69) is 31.3 Å². The summed E-state index contributed by atoms with van der Waals surface area (Å²) in [7, 11) is 0. The molecule has 1 N–H and O–H groups in total. The monoisotopic (exact) mass is 385 g/mol. The third-order valence-electron chi connectivity index (χ3n) is 4.58. The van der Waals surface area contributed by atoms with Crippen LogP contribution in [0.1, 0.15) is 49.9 Å². The molecule has 0 saturated heterocycles. The SMILES string of the molecule is CCCCC(CC)CNC(=O)c1ccc(OCCSc2ccccc2)cc1. The second kappa shape index (κ2) is 12.4. The highest BCUT2D eigenvalue weighted by Gasteiger charge is 2.10. The largest absolute Gasteiger partial charge is 0.493 e. The Morgan fingerprint density at radius 2 is 1.81 bits per heavy atom. The van der Waals surface area contributed by atoms with Gasteiger partial charge < -0.3 is 10.1 Å². The lowest BCUT2D eigenvalue weighted by Crippen LogP contribution is -2.29. The maximum Gasteiger partial charge on any atom is 0.251 e. The molecule has 0 aliphatic rings. The quantitative estimate of drug-likeness (QED) is 0.370. The van der Waals surface area contributed by atoms with Crippen LogP contribution in [0.15, 0.2) is 59.5 Å². The molecule has 1 atom stereocenters. The van der Waals surface area contributed by atoms with Crippen LogP contribution in [0.3, 0.4) is 0 Å². The minimum Gasteiger partial charge on any atom is -0.493 e. The molecule has 0 aliphatic heterocycles. The highest BCUT2D eigenvalue weighted by molar-refractivity contribution is 7.99. The van der Waals surface area contributed by atoms with E-state index in [-0.39, 0.29) is 5.91 Å². The topological polar surface area (TPSA) is 38.3 Å². The molecule has 2 aromatic carbocycles. The number of unbranched alkanes of at least 4 members (excludes halogenated alkanes) is 1. The average molecular weight is 386 g/mol. The summed E-state index contributed by atoms with van der Waals surface area (Å²) in [6, 6.07) is 17.7. The van der Waals surface area contributed by atoms with Gasteiger partial charge in [0.25, 0.3) is 5.91 Å². The summed E-state index contributed by atoms with van der Waals surface area (Å²) in [6.07, 6.45) is 4.72. The number of benzene rings is 2. The van der Waals surface area contributed by atoms with Gasteiger partial charge in [-0.05, 0) is 48.7 Å². The van der Waals surface area contributed by atoms with Gasteiger partial charge in [-0.2, -0.15) is 0 Å². The fraction of sp³-hybridized carbons (Fsp3) is 0.435. The number of carbonyl (C=O) groups excluding carboxylic acids is 1. The number of carbonyl (C=O) groups is 1. The van der Waals surface area contributed by atoms with Crippen molar-refractivity contribution in [2.45, 2.75) is 44.4 Å². The second-order valence-corrected chi connectivity index (χ2v) is 7.83. The van der Waals surface area contributed by atoms with E-state index in [1.54, 1.807) is 11.8 Å². The fourth-order valence-corrected chi connectivity index (χ4v) is 3.57. The molecule has 1 unspecified atom stereocenters. The maximum atomic E-state index is 12.3. The van der Waals surface area contributed by atoms with Crippen molar-refractivity contribution < 1.29 is 9.53 Å². The lowest BCUT2D eigenvalue weighted by atomic mass is 9.99. The van der Waals surface area contributed by atoms with Crippen LogP contribution in [0.2, 0.25) is 0 Å². The highest BCUT2D eigenvalue weighted by atomic mass is 32.2. The molecule has 0 aliphatic carbocycles. The Hall–Kier alpha value is -1.94. The highest BCUT2D eigenvalue weighted by Crippen LogP contribution is 2.18. The van der Waals surface area contributed by atoms with E-state index in [9.17, 15) is 4.79 Å². The molecule has 0 aromatic heterocycles. The molecule has 0 radical (unpaired) electrons. The zero-order valence-corrected chi connectivity index (χ0v) is 17.3. The second-order valence-electron chi connectivity index (χ2n) is 6.66. The number of thioether (sulfide) groups is 1. The fourth-order valence-electron chi connectivity index (χ4n) is 2.82. The minimum atomic E-state index is -0.00358. The molecule has 0 fully saturated rings. The first kappa shape index (κ1) is 21.4. The van der Waals surface area contributed by atoms with Crippen molar-refractivity contribution in [3.8, 4) is 5.75 Å². The predicted octanol–water partition coefficient (Wildman–Crippen LogP) is 5.80. The summed E-state index contributed by atoms with van der Waals surface area (Å²) in [6.45, 7) is 5.79. The Morgan fingerprint density at radius 1 is 1.07 bits per heavy atom. The van der Waals surface area contributed by atoms with Gasteiger partial charge in [-0.3, -0.25) is 4.79 Å². The van der Waals surface area contributed by atoms with Gasteiger partial charge in [0.2, 0.25) is 0 Å². The van der Waals surface area contributed by atoms with Crippen LogP contribution >= 0.6 is 11.8 Å². The number of hydrogen-bond donors (Lipinski definition) is 1. The normalized spacial score (nSPS) is 11.8. The van der Waals surface area contributed by atoms with Crippen molar-refractivity contribution in [3.63, 3.8) is 0 Å². The smallest absolute Gasteiger partial charge is 0.251 e. The van der Waals surface area contributed by atoms with Crippen molar-refractivity contribution in [3.05, 3.63) is 60.2 Å². The zero-order chi connectivity index (χ0) is 19.3. The molecular formula is C23H31NO2S. The molecule has 3 nitrogen and oxygen atoms in total. The van der Waals surface area contributed by atoms with E-state index in [0.29, 0.717) is 18.1 Å². The van der Waals surface area contributed by atoms with E-state index in [4.69, 9.17) is 4.74 Å². The van der Waals surface area contributed by atoms with Gasteiger partial charge in [-0.25, -0.2) is 0 Å². The summed E-state index contributed by atoms with van der Waals surface area (Å²) < 4.78 is 5.77. The molecule has 4 heteroatoms. The molecule has 1 amide bonds. The van der Waals surface area contributed by atoms with Gasteiger partial charge >= 0.3 is 0 Å². The van der Waals surface area contributed by atoms with Crippen LogP contribution in [-0.4, -0.2) is 24.8 Å². The predicted molar refractivity (Wildman–Crippen MR) is 115 cm³/mol. The van der Waals surface area contributed by atoms with E-state index >= 15 is 0 Å². The van der Waals surface area contributed by atoms with Crippen molar-refractivity contribution in [2.75, 3.05) is 18.9 Å². The molecule has 2 rings (SSSR count). The number of rotatable bonds is 12. The van der Waals surface area contributed by atoms with Gasteiger partial charge in [0, 0.05) is 22.8 Å². The van der Waals surface area contributed by atoms with E-state index < -0.39 is 0 Å². The summed E-state index contributed by atoms with van der Waals surface area (Å²) in [5, 5.41) is 3.07. The summed E-state index contributed by atoms with van der Waals surface area (Å²) in [5.41, 5.74) is 0.686. The third kappa shape index (κ3) is 8.08. The minimum absolute atomic E-state index is 0.00358. The van der Waals surface area contributed by atoms with Gasteiger partial charge in [-0.1, -0.05) is 51.3 Å². The standard InChI is InChI=1S/C23H31NO2S/c1-3-5-9-19(4-2)18-24-23(25)20-12-14-21(15-13-20)26-16-17-27-22-10-7-6-8-11-22/h6-8,10-15,19H,3-5,9,16-18H2,1-2H3,(H,24,25). The maximum absolute atomic E-state index is 12.3. The number of amides is 1. The Kier molecular flexibility index (Phi) is 9.85. The third-order valence-corrected chi connectivity index (χ3v) is 5.55. The van der Waals surface area contributed by atoms with Crippen LogP contribution in [0, 0.1) is 5.92 Å². The lowest BCUT2D eigenvalue weighted by Gasteiger charge is -2.15. The van der Waals surface area contributed by atoms with Crippen LogP contribution in [-0.2, 0) is 0 Å². The molecule has 2 aromatic rings. The molecule has 0 heterocycles. The molecule has 0 spiro atoms. The van der Waals surface area contributed by atoms with Crippen LogP contribution < -0.4 is 10.1 Å². The van der Waals surface area contributed by atoms with E-state index in [1.165, 1.54) is 24.2 Å². The van der Waals surface area contributed by atoms with Crippen LogP contribution in [0.25, 0.3) is 0 Å². The average Bonchev–Trinajstić information content (AvgIpc) is 2.72. The summed E-state index contributed by atoms with van der Waals surface area (Å²) in [4.78, 5) is 13.6. The van der Waals surface area contributed by atoms with E-state index in [0.717, 1.165) is 24.5 Å². The first-order chi connectivity index (χ1) is 13.2. The Balaban J connectivity index is 1.71. The van der Waals surface area contributed by atoms with Crippen LogP contribution in [0.5, 0.6) is 5.75 Å². The van der Waals surface area contributed by atoms with Crippen molar-refractivity contribution >= 4 is 17.7 Å². The van der Waals surface area contributed by atoms with Gasteiger partial charge in [-0.15, -0.1) is 11.8 Å². The number of nitrogens with one attached hydrogen (secondary N) is 1. The molecule has 146 valence electrons. The molecule has 27 heavy (non-hydrogen) atoms. The molecular weight excluding hydrogens is 354 g/mol. The van der Waals surface area contributed by atoms with Crippen LogP contribution in [0.4, 0.5) is 0 Å². The van der Waals surface area contributed by atoms with E-state index in [1.807, 2.05) is 42.5 Å². The van der Waals surface area contributed by atoms with Crippen molar-refractivity contribution in [1.29, 1.82) is 0 Å². The number of ether oxygens (including phenoxy) is 1. The Bertz CT molecular complexity index is 658. The summed E-state index contributed by atoms with van der Waals surface area (Å²) >= 11 is 1.78. The van der Waals surface area contributed by atoms with Crippen molar-refractivity contribution in [2.24, 2.45) is 5.92 Å². The molecule has 0 bridgehead atoms. The Morgan fingerprint density at radius 3 is 2.48 bits per heavy atom. The first-order valence-electron chi connectivity index (χ1n) is 9.91. The van der Waals surface area contributed by atoms with Gasteiger partial charge in [0.1, 0.15) is 5.75 Å². The van der Waals surface area contributed by atoms with Gasteiger partial charge in [0.15, 0.2) is 0 Å². The zero-order valence-electron chi connectivity index (χ0n) is 16.4. The summed E-state index contributed by atoms with van der Waals surface area (Å²) in [5.74, 6) is 2.26. The van der Waals surface area contributed by atoms with Crippen molar-refractivity contribution in [1.82, 2.24) is 5.32 Å².